The maximum atomic E-state index is 12.5. The van der Waals surface area contributed by atoms with Crippen molar-refractivity contribution in [3.63, 3.8) is 0 Å². The first-order valence-electron chi connectivity index (χ1n) is 7.51. The van der Waals surface area contributed by atoms with Crippen LogP contribution in [0, 0.1) is 20.8 Å². The average Bonchev–Trinajstić information content (AvgIpc) is 3.00. The molecule has 0 atom stereocenters. The molecule has 0 bridgehead atoms. The number of ether oxygens (including phenoxy) is 1. The third-order valence-corrected chi connectivity index (χ3v) is 4.65. The fourth-order valence-electron chi connectivity index (χ4n) is 2.30. The van der Waals surface area contributed by atoms with Crippen molar-refractivity contribution in [2.24, 2.45) is 0 Å². The standard InChI is InChI=1S/C16H21N3O3S/c1-6-19-12(8-9(3)18-19)14(20)17-15-13(16(21)22-7-2)10(4)11(5)23-15/h8H,6-7H2,1-5H3,(H,17,20). The lowest BCUT2D eigenvalue weighted by Crippen LogP contribution is -2.18. The zero-order valence-corrected chi connectivity index (χ0v) is 14.8. The number of carbonyl (C=O) groups is 2. The number of hydrogen-bond donors (Lipinski definition) is 1. The molecule has 0 aliphatic carbocycles. The lowest BCUT2D eigenvalue weighted by molar-refractivity contribution is 0.0527. The molecule has 0 aromatic carbocycles. The van der Waals surface area contributed by atoms with E-state index in [0.717, 1.165) is 16.1 Å². The SMILES string of the molecule is CCOC(=O)c1c(NC(=O)c2cc(C)nn2CC)sc(C)c1C. The van der Waals surface area contributed by atoms with Crippen molar-refractivity contribution in [3.05, 3.63) is 33.5 Å². The molecule has 2 heterocycles. The molecule has 7 heteroatoms. The van der Waals surface area contributed by atoms with E-state index in [2.05, 4.69) is 10.4 Å². The second-order valence-electron chi connectivity index (χ2n) is 5.15. The number of rotatable bonds is 5. The summed E-state index contributed by atoms with van der Waals surface area (Å²) in [5.74, 6) is -0.691. The zero-order chi connectivity index (χ0) is 17.1. The van der Waals surface area contributed by atoms with Crippen LogP contribution < -0.4 is 5.32 Å². The molecule has 1 amide bonds. The number of anilines is 1. The third kappa shape index (κ3) is 3.44. The van der Waals surface area contributed by atoms with E-state index < -0.39 is 5.97 Å². The number of amides is 1. The molecule has 0 unspecified atom stereocenters. The van der Waals surface area contributed by atoms with E-state index in [-0.39, 0.29) is 5.91 Å². The Morgan fingerprint density at radius 3 is 2.61 bits per heavy atom. The average molecular weight is 335 g/mol. The van der Waals surface area contributed by atoms with E-state index in [9.17, 15) is 9.59 Å². The fourth-order valence-corrected chi connectivity index (χ4v) is 3.34. The summed E-state index contributed by atoms with van der Waals surface area (Å²) in [6.45, 7) is 10.2. The van der Waals surface area contributed by atoms with E-state index in [1.165, 1.54) is 11.3 Å². The largest absolute Gasteiger partial charge is 0.462 e. The quantitative estimate of drug-likeness (QED) is 0.851. The van der Waals surface area contributed by atoms with Gasteiger partial charge in [-0.15, -0.1) is 11.3 Å². The van der Waals surface area contributed by atoms with E-state index in [1.54, 1.807) is 17.7 Å². The second-order valence-corrected chi connectivity index (χ2v) is 6.37. The molecule has 1 N–H and O–H groups in total. The van der Waals surface area contributed by atoms with Gasteiger partial charge < -0.3 is 10.1 Å². The molecular formula is C16H21N3O3S. The molecule has 2 aromatic rings. The van der Waals surface area contributed by atoms with Crippen molar-refractivity contribution in [2.75, 3.05) is 11.9 Å². The maximum absolute atomic E-state index is 12.5. The van der Waals surface area contributed by atoms with Crippen LogP contribution in [0.4, 0.5) is 5.00 Å². The molecule has 0 radical (unpaired) electrons. The molecule has 6 nitrogen and oxygen atoms in total. The highest BCUT2D eigenvalue weighted by Crippen LogP contribution is 2.33. The topological polar surface area (TPSA) is 73.2 Å². The zero-order valence-electron chi connectivity index (χ0n) is 14.0. The van der Waals surface area contributed by atoms with Gasteiger partial charge in [-0.2, -0.15) is 5.10 Å². The Labute approximate surface area is 139 Å². The predicted octanol–water partition coefficient (Wildman–Crippen LogP) is 3.32. The normalized spacial score (nSPS) is 10.7. The van der Waals surface area contributed by atoms with Gasteiger partial charge in [0.1, 0.15) is 10.7 Å². The van der Waals surface area contributed by atoms with E-state index in [1.807, 2.05) is 27.7 Å². The number of carbonyl (C=O) groups excluding carboxylic acids is 2. The van der Waals surface area contributed by atoms with E-state index in [0.29, 0.717) is 29.4 Å². The number of aryl methyl sites for hydroxylation is 3. The maximum Gasteiger partial charge on any atom is 0.341 e. The first kappa shape index (κ1) is 17.2. The molecule has 124 valence electrons. The van der Waals surface area contributed by atoms with Crippen LogP contribution in [0.3, 0.4) is 0 Å². The first-order valence-corrected chi connectivity index (χ1v) is 8.33. The second kappa shape index (κ2) is 6.95. The lowest BCUT2D eigenvalue weighted by atomic mass is 10.1. The van der Waals surface area contributed by atoms with Gasteiger partial charge in [0.15, 0.2) is 0 Å². The monoisotopic (exact) mass is 335 g/mol. The van der Waals surface area contributed by atoms with E-state index >= 15 is 0 Å². The van der Waals surface area contributed by atoms with Crippen LogP contribution in [-0.2, 0) is 11.3 Å². The van der Waals surface area contributed by atoms with Gasteiger partial charge in [-0.3, -0.25) is 9.48 Å². The predicted molar refractivity (Wildman–Crippen MR) is 90.3 cm³/mol. The van der Waals surface area contributed by atoms with Crippen molar-refractivity contribution >= 4 is 28.2 Å². The summed E-state index contributed by atoms with van der Waals surface area (Å²) in [7, 11) is 0. The van der Waals surface area contributed by atoms with Crippen LogP contribution in [0.2, 0.25) is 0 Å². The Morgan fingerprint density at radius 2 is 2.00 bits per heavy atom. The molecule has 2 aromatic heterocycles. The highest BCUT2D eigenvalue weighted by Gasteiger charge is 2.23. The highest BCUT2D eigenvalue weighted by atomic mass is 32.1. The van der Waals surface area contributed by atoms with Gasteiger partial charge in [0, 0.05) is 11.4 Å². The van der Waals surface area contributed by atoms with Crippen molar-refractivity contribution in [3.8, 4) is 0 Å². The van der Waals surface area contributed by atoms with Crippen LogP contribution in [0.1, 0.15) is 50.8 Å². The van der Waals surface area contributed by atoms with Gasteiger partial charge in [0.2, 0.25) is 0 Å². The van der Waals surface area contributed by atoms with Gasteiger partial charge >= 0.3 is 5.97 Å². The van der Waals surface area contributed by atoms with Gasteiger partial charge in [-0.05, 0) is 46.2 Å². The lowest BCUT2D eigenvalue weighted by Gasteiger charge is -2.08. The number of aromatic nitrogens is 2. The molecule has 0 spiro atoms. The van der Waals surface area contributed by atoms with Crippen molar-refractivity contribution in [2.45, 2.75) is 41.2 Å². The van der Waals surface area contributed by atoms with Crippen LogP contribution in [-0.4, -0.2) is 28.3 Å². The van der Waals surface area contributed by atoms with Crippen LogP contribution in [0.25, 0.3) is 0 Å². The Bertz CT molecular complexity index is 746. The number of hydrogen-bond acceptors (Lipinski definition) is 5. The molecule has 0 saturated carbocycles. The summed E-state index contributed by atoms with van der Waals surface area (Å²) in [5.41, 5.74) is 2.52. The fraction of sp³-hybridized carbons (Fsp3) is 0.438. The van der Waals surface area contributed by atoms with Crippen LogP contribution in [0.15, 0.2) is 6.07 Å². The minimum absolute atomic E-state index is 0.278. The molecule has 2 rings (SSSR count). The van der Waals surface area contributed by atoms with Gasteiger partial charge in [-0.25, -0.2) is 4.79 Å². The van der Waals surface area contributed by atoms with E-state index in [4.69, 9.17) is 4.74 Å². The van der Waals surface area contributed by atoms with Gasteiger partial charge in [0.05, 0.1) is 17.9 Å². The minimum Gasteiger partial charge on any atom is -0.462 e. The summed E-state index contributed by atoms with van der Waals surface area (Å²) < 4.78 is 6.74. The molecule has 23 heavy (non-hydrogen) atoms. The summed E-state index contributed by atoms with van der Waals surface area (Å²) in [5, 5.41) is 7.62. The highest BCUT2D eigenvalue weighted by molar-refractivity contribution is 7.16. The van der Waals surface area contributed by atoms with Crippen molar-refractivity contribution < 1.29 is 14.3 Å². The summed E-state index contributed by atoms with van der Waals surface area (Å²) in [4.78, 5) is 25.7. The van der Waals surface area contributed by atoms with Crippen LogP contribution in [0.5, 0.6) is 0 Å². The Kier molecular flexibility index (Phi) is 5.20. The molecule has 0 fully saturated rings. The summed E-state index contributed by atoms with van der Waals surface area (Å²) in [6.07, 6.45) is 0. The molecule has 0 aliphatic heterocycles. The molecule has 0 saturated heterocycles. The van der Waals surface area contributed by atoms with Gasteiger partial charge in [0.25, 0.3) is 5.91 Å². The number of nitrogens with zero attached hydrogens (tertiary/aromatic N) is 2. The number of esters is 1. The Morgan fingerprint density at radius 1 is 1.30 bits per heavy atom. The van der Waals surface area contributed by atoms with Crippen molar-refractivity contribution in [1.82, 2.24) is 9.78 Å². The summed E-state index contributed by atoms with van der Waals surface area (Å²) >= 11 is 1.38. The number of nitrogens with one attached hydrogen (secondary N) is 1. The van der Waals surface area contributed by atoms with Crippen molar-refractivity contribution in [1.29, 1.82) is 0 Å². The first-order chi connectivity index (χ1) is 10.9. The Hall–Kier alpha value is -2.15. The number of thiophene rings is 1. The molecular weight excluding hydrogens is 314 g/mol. The smallest absolute Gasteiger partial charge is 0.341 e. The Balaban J connectivity index is 2.34. The van der Waals surface area contributed by atoms with Gasteiger partial charge in [-0.1, -0.05) is 0 Å². The third-order valence-electron chi connectivity index (χ3n) is 3.53. The summed E-state index contributed by atoms with van der Waals surface area (Å²) in [6, 6.07) is 1.73. The molecule has 0 aliphatic rings. The minimum atomic E-state index is -0.412. The van der Waals surface area contributed by atoms with Crippen LogP contribution >= 0.6 is 11.3 Å².